The van der Waals surface area contributed by atoms with Crippen molar-refractivity contribution in [1.82, 2.24) is 0 Å². The number of anilines is 1. The molecule has 30 heavy (non-hydrogen) atoms. The first-order valence-corrected chi connectivity index (χ1v) is 8.98. The average molecular weight is 402 g/mol. The number of nitro benzene ring substituents is 1. The van der Waals surface area contributed by atoms with E-state index < -0.39 is 4.92 Å². The van der Waals surface area contributed by atoms with Crippen molar-refractivity contribution in [2.24, 2.45) is 0 Å². The molecule has 0 atom stereocenters. The number of amides is 1. The molecule has 1 N–H and O–H groups in total. The molecule has 1 amide bonds. The van der Waals surface area contributed by atoms with Gasteiger partial charge < -0.3 is 10.1 Å². The highest BCUT2D eigenvalue weighted by Crippen LogP contribution is 2.17. The fourth-order valence-corrected chi connectivity index (χ4v) is 2.71. The summed E-state index contributed by atoms with van der Waals surface area (Å²) in [6.45, 7) is 0. The van der Waals surface area contributed by atoms with E-state index in [-0.39, 0.29) is 22.9 Å². The number of allylic oxidation sites excluding steroid dienone is 1. The molecule has 0 unspecified atom stereocenters. The lowest BCUT2D eigenvalue weighted by Crippen LogP contribution is -2.11. The fourth-order valence-electron chi connectivity index (χ4n) is 2.71. The largest absolute Gasteiger partial charge is 0.497 e. The van der Waals surface area contributed by atoms with Crippen LogP contribution in [0.4, 0.5) is 11.4 Å². The van der Waals surface area contributed by atoms with Gasteiger partial charge in [0.2, 0.25) is 0 Å². The monoisotopic (exact) mass is 402 g/mol. The Morgan fingerprint density at radius 1 is 0.967 bits per heavy atom. The van der Waals surface area contributed by atoms with E-state index in [2.05, 4.69) is 5.32 Å². The third kappa shape index (κ3) is 5.17. The van der Waals surface area contributed by atoms with Gasteiger partial charge in [-0.2, -0.15) is 0 Å². The third-order valence-corrected chi connectivity index (χ3v) is 4.27. The molecule has 150 valence electrons. The summed E-state index contributed by atoms with van der Waals surface area (Å²) in [5.74, 6) is 0.0323. The molecule has 0 radical (unpaired) electrons. The Morgan fingerprint density at radius 3 is 2.40 bits per heavy atom. The molecule has 0 spiro atoms. The standard InChI is InChI=1S/C23H18N2O5/c1-30-21-11-9-17(10-12-21)23(27)24-19-6-2-4-16(14-19)8-13-22(26)18-5-3-7-20(15-18)25(28)29/h2-15H,1H3,(H,24,27). The predicted octanol–water partition coefficient (Wildman–Crippen LogP) is 4.75. The first-order valence-electron chi connectivity index (χ1n) is 8.98. The number of rotatable bonds is 7. The second-order valence-electron chi connectivity index (χ2n) is 6.31. The summed E-state index contributed by atoms with van der Waals surface area (Å²) in [6, 6.07) is 19.3. The summed E-state index contributed by atoms with van der Waals surface area (Å²) in [5.41, 5.74) is 1.83. The molecule has 7 nitrogen and oxygen atoms in total. The topological polar surface area (TPSA) is 98.5 Å². The number of benzene rings is 3. The zero-order valence-corrected chi connectivity index (χ0v) is 16.1. The van der Waals surface area contributed by atoms with E-state index in [9.17, 15) is 19.7 Å². The molecule has 0 saturated heterocycles. The van der Waals surface area contributed by atoms with Crippen LogP contribution < -0.4 is 10.1 Å². The number of nitro groups is 1. The van der Waals surface area contributed by atoms with E-state index >= 15 is 0 Å². The number of ether oxygens (including phenoxy) is 1. The molecule has 0 aliphatic carbocycles. The normalized spacial score (nSPS) is 10.6. The Labute approximate surface area is 172 Å². The van der Waals surface area contributed by atoms with Gasteiger partial charge in [0, 0.05) is 28.9 Å². The van der Waals surface area contributed by atoms with Crippen LogP contribution in [0.3, 0.4) is 0 Å². The van der Waals surface area contributed by atoms with Gasteiger partial charge in [-0.05, 0) is 48.0 Å². The quantitative estimate of drug-likeness (QED) is 0.266. The molecule has 0 saturated carbocycles. The van der Waals surface area contributed by atoms with Crippen LogP contribution in [0.5, 0.6) is 5.75 Å². The Kier molecular flexibility index (Phi) is 6.34. The summed E-state index contributed by atoms with van der Waals surface area (Å²) in [4.78, 5) is 35.0. The van der Waals surface area contributed by atoms with E-state index in [1.807, 2.05) is 0 Å². The number of nitrogens with zero attached hydrogens (tertiary/aromatic N) is 1. The van der Waals surface area contributed by atoms with Crippen molar-refractivity contribution in [2.45, 2.75) is 0 Å². The van der Waals surface area contributed by atoms with Crippen LogP contribution in [0.1, 0.15) is 26.3 Å². The highest BCUT2D eigenvalue weighted by molar-refractivity contribution is 6.07. The van der Waals surface area contributed by atoms with Crippen LogP contribution in [-0.4, -0.2) is 23.7 Å². The Bertz CT molecular complexity index is 1120. The molecule has 3 rings (SSSR count). The van der Waals surface area contributed by atoms with E-state index in [4.69, 9.17) is 4.74 Å². The highest BCUT2D eigenvalue weighted by Gasteiger charge is 2.10. The van der Waals surface area contributed by atoms with Gasteiger partial charge in [0.1, 0.15) is 5.75 Å². The SMILES string of the molecule is COc1ccc(C(=O)Nc2cccc(C=CC(=O)c3cccc([N+](=O)[O-])c3)c2)cc1. The van der Waals surface area contributed by atoms with Crippen molar-refractivity contribution < 1.29 is 19.2 Å². The maximum Gasteiger partial charge on any atom is 0.270 e. The molecule has 0 fully saturated rings. The molecular formula is C23H18N2O5. The Morgan fingerprint density at radius 2 is 1.70 bits per heavy atom. The second-order valence-corrected chi connectivity index (χ2v) is 6.31. The summed E-state index contributed by atoms with van der Waals surface area (Å²) in [6.07, 6.45) is 2.92. The van der Waals surface area contributed by atoms with Crippen molar-refractivity contribution in [3.63, 3.8) is 0 Å². The van der Waals surface area contributed by atoms with E-state index in [1.165, 1.54) is 30.3 Å². The lowest BCUT2D eigenvalue weighted by atomic mass is 10.1. The summed E-state index contributed by atoms with van der Waals surface area (Å²) < 4.78 is 5.08. The van der Waals surface area contributed by atoms with Crippen molar-refractivity contribution in [3.05, 3.63) is 106 Å². The second kappa shape index (κ2) is 9.29. The predicted molar refractivity (Wildman–Crippen MR) is 114 cm³/mol. The number of methoxy groups -OCH3 is 1. The van der Waals surface area contributed by atoms with Gasteiger partial charge in [0.15, 0.2) is 5.78 Å². The van der Waals surface area contributed by atoms with Crippen LogP contribution >= 0.6 is 0 Å². The zero-order valence-electron chi connectivity index (χ0n) is 16.1. The molecule has 0 aliphatic rings. The Balaban J connectivity index is 1.70. The number of carbonyl (C=O) groups excluding carboxylic acids is 2. The number of carbonyl (C=O) groups is 2. The van der Waals surface area contributed by atoms with Crippen LogP contribution in [0.2, 0.25) is 0 Å². The van der Waals surface area contributed by atoms with Gasteiger partial charge >= 0.3 is 0 Å². The lowest BCUT2D eigenvalue weighted by molar-refractivity contribution is -0.384. The molecule has 7 heteroatoms. The van der Waals surface area contributed by atoms with Crippen LogP contribution in [0.15, 0.2) is 78.9 Å². The average Bonchev–Trinajstić information content (AvgIpc) is 2.77. The number of non-ortho nitro benzene ring substituents is 1. The van der Waals surface area contributed by atoms with E-state index in [0.29, 0.717) is 22.6 Å². The van der Waals surface area contributed by atoms with Crippen LogP contribution in [0.25, 0.3) is 6.08 Å². The van der Waals surface area contributed by atoms with Gasteiger partial charge in [-0.1, -0.05) is 30.3 Å². The van der Waals surface area contributed by atoms with Crippen LogP contribution in [0, 0.1) is 10.1 Å². The molecular weight excluding hydrogens is 384 g/mol. The summed E-state index contributed by atoms with van der Waals surface area (Å²) in [7, 11) is 1.55. The third-order valence-electron chi connectivity index (χ3n) is 4.27. The smallest absolute Gasteiger partial charge is 0.270 e. The maximum atomic E-state index is 12.4. The molecule has 3 aromatic carbocycles. The van der Waals surface area contributed by atoms with Gasteiger partial charge in [0.25, 0.3) is 11.6 Å². The first-order chi connectivity index (χ1) is 14.5. The molecule has 0 heterocycles. The number of nitrogens with one attached hydrogen (secondary N) is 1. The number of ketones is 1. The summed E-state index contributed by atoms with van der Waals surface area (Å²) in [5, 5.41) is 13.7. The minimum atomic E-state index is -0.546. The van der Waals surface area contributed by atoms with Gasteiger partial charge in [-0.15, -0.1) is 0 Å². The van der Waals surface area contributed by atoms with E-state index in [1.54, 1.807) is 61.7 Å². The Hall–Kier alpha value is -4.26. The maximum absolute atomic E-state index is 12.4. The zero-order chi connectivity index (χ0) is 21.5. The number of hydrogen-bond donors (Lipinski definition) is 1. The minimum absolute atomic E-state index is 0.141. The van der Waals surface area contributed by atoms with Crippen molar-refractivity contribution >= 4 is 29.1 Å². The molecule has 0 aromatic heterocycles. The van der Waals surface area contributed by atoms with Gasteiger partial charge in [-0.3, -0.25) is 19.7 Å². The van der Waals surface area contributed by atoms with Crippen molar-refractivity contribution in [2.75, 3.05) is 12.4 Å². The van der Waals surface area contributed by atoms with Crippen LogP contribution in [-0.2, 0) is 0 Å². The lowest BCUT2D eigenvalue weighted by Gasteiger charge is -2.07. The molecule has 0 aliphatic heterocycles. The van der Waals surface area contributed by atoms with Gasteiger partial charge in [0.05, 0.1) is 12.0 Å². The van der Waals surface area contributed by atoms with Crippen molar-refractivity contribution in [1.29, 1.82) is 0 Å². The first kappa shape index (κ1) is 20.5. The van der Waals surface area contributed by atoms with E-state index in [0.717, 1.165) is 0 Å². The highest BCUT2D eigenvalue weighted by atomic mass is 16.6. The number of hydrogen-bond acceptors (Lipinski definition) is 5. The van der Waals surface area contributed by atoms with Gasteiger partial charge in [-0.25, -0.2) is 0 Å². The summed E-state index contributed by atoms with van der Waals surface area (Å²) >= 11 is 0. The molecule has 0 bridgehead atoms. The minimum Gasteiger partial charge on any atom is -0.497 e. The molecule has 3 aromatic rings. The van der Waals surface area contributed by atoms with Crippen molar-refractivity contribution in [3.8, 4) is 5.75 Å². The fraction of sp³-hybridized carbons (Fsp3) is 0.0435.